The highest BCUT2D eigenvalue weighted by molar-refractivity contribution is 7.64. The lowest BCUT2D eigenvalue weighted by atomic mass is 10.0. The molecule has 1 N–H and O–H groups in total. The Kier molecular flexibility index (Phi) is 7.07. The maximum absolute atomic E-state index is 12.8. The summed E-state index contributed by atoms with van der Waals surface area (Å²) in [6.07, 6.45) is 1.17. The molecule has 0 saturated carbocycles. The number of fused-ring (bicyclic) bond motifs is 1. The van der Waals surface area contributed by atoms with E-state index in [1.165, 1.54) is 4.90 Å². The summed E-state index contributed by atoms with van der Waals surface area (Å²) in [5.74, 6) is 0.538. The second kappa shape index (κ2) is 10.6. The van der Waals surface area contributed by atoms with Gasteiger partial charge in [0.05, 0.1) is 0 Å². The predicted octanol–water partition coefficient (Wildman–Crippen LogP) is 3.57. The Morgan fingerprint density at radius 2 is 1.81 bits per heavy atom. The number of piperidine rings is 1. The van der Waals surface area contributed by atoms with Crippen LogP contribution in [0.4, 0.5) is 4.79 Å². The number of hydrogen-bond donors (Lipinski definition) is 1. The number of nitrogens with zero attached hydrogens (tertiary/aromatic N) is 1. The van der Waals surface area contributed by atoms with E-state index < -0.39 is 11.9 Å². The number of hydrogen-bond acceptors (Lipinski definition) is 5. The molecule has 2 unspecified atom stereocenters. The average Bonchev–Trinajstić information content (AvgIpc) is 3.19. The molecule has 2 heterocycles. The summed E-state index contributed by atoms with van der Waals surface area (Å²) in [7, 11) is 0.155. The van der Waals surface area contributed by atoms with E-state index in [9.17, 15) is 19.2 Å². The second-order valence-electron chi connectivity index (χ2n) is 8.64. The van der Waals surface area contributed by atoms with Crippen LogP contribution in [0.3, 0.4) is 0 Å². The highest BCUT2D eigenvalue weighted by atomic mass is 31.1. The van der Waals surface area contributed by atoms with Crippen molar-refractivity contribution >= 4 is 46.2 Å². The molecule has 36 heavy (non-hydrogen) atoms. The van der Waals surface area contributed by atoms with Crippen molar-refractivity contribution in [2.24, 2.45) is 0 Å². The van der Waals surface area contributed by atoms with Crippen LogP contribution < -0.4 is 15.2 Å². The molecule has 2 atom stereocenters. The number of ether oxygens (including phenoxy) is 1. The van der Waals surface area contributed by atoms with Gasteiger partial charge in [-0.2, -0.15) is 0 Å². The molecular formula is C27H23N2O5PSi. The third-order valence-corrected chi connectivity index (χ3v) is 8.75. The average molecular weight is 515 g/mol. The van der Waals surface area contributed by atoms with Crippen molar-refractivity contribution in [2.45, 2.75) is 31.6 Å². The molecule has 2 radical (unpaired) electrons. The lowest BCUT2D eigenvalue weighted by Gasteiger charge is -2.29. The Balaban J connectivity index is 1.17. The van der Waals surface area contributed by atoms with Crippen LogP contribution in [-0.2, 0) is 22.3 Å². The van der Waals surface area contributed by atoms with Gasteiger partial charge in [-0.15, -0.1) is 0 Å². The Bertz CT molecular complexity index is 1350. The summed E-state index contributed by atoms with van der Waals surface area (Å²) in [5, 5.41) is 3.42. The Morgan fingerprint density at radius 1 is 1.00 bits per heavy atom. The van der Waals surface area contributed by atoms with Gasteiger partial charge in [-0.05, 0) is 54.0 Å². The first-order valence-electron chi connectivity index (χ1n) is 11.6. The van der Waals surface area contributed by atoms with Gasteiger partial charge in [0.1, 0.15) is 22.7 Å². The quantitative estimate of drug-likeness (QED) is 0.282. The smallest absolute Gasteiger partial charge is 0.255 e. The number of carbonyl (C=O) groups is 4. The van der Waals surface area contributed by atoms with Crippen molar-refractivity contribution in [1.82, 2.24) is 10.2 Å². The zero-order valence-electron chi connectivity index (χ0n) is 19.3. The summed E-state index contributed by atoms with van der Waals surface area (Å²) >= 11 is 0. The van der Waals surface area contributed by atoms with Crippen LogP contribution in [0.2, 0.25) is 0 Å². The number of carbonyl (C=O) groups excluding carboxylic acids is 4. The molecule has 180 valence electrons. The third-order valence-electron chi connectivity index (χ3n) is 6.11. The van der Waals surface area contributed by atoms with Crippen LogP contribution >= 0.6 is 8.58 Å². The van der Waals surface area contributed by atoms with Crippen molar-refractivity contribution < 1.29 is 23.9 Å². The Hall–Kier alpha value is -3.61. The molecule has 5 rings (SSSR count). The van der Waals surface area contributed by atoms with Crippen molar-refractivity contribution in [1.29, 1.82) is 0 Å². The fourth-order valence-electron chi connectivity index (χ4n) is 4.36. The summed E-state index contributed by atoms with van der Waals surface area (Å²) < 4.78 is 5.87. The summed E-state index contributed by atoms with van der Waals surface area (Å²) in [6.45, 7) is 0.335. The number of rotatable bonds is 8. The minimum atomic E-state index is -0.627. The molecule has 7 nitrogen and oxygen atoms in total. The highest BCUT2D eigenvalue weighted by Crippen LogP contribution is 2.30. The van der Waals surface area contributed by atoms with Crippen LogP contribution in [0.1, 0.15) is 34.3 Å². The number of benzene rings is 3. The normalized spacial score (nSPS) is 17.4. The Morgan fingerprint density at radius 3 is 2.61 bits per heavy atom. The summed E-state index contributed by atoms with van der Waals surface area (Å²) in [6, 6.07) is 22.1. The van der Waals surface area contributed by atoms with Crippen LogP contribution in [0, 0.1) is 0 Å². The molecule has 0 aromatic heterocycles. The van der Waals surface area contributed by atoms with Gasteiger partial charge in [0.2, 0.25) is 11.8 Å². The largest absolute Gasteiger partial charge is 0.457 e. The Labute approximate surface area is 212 Å². The topological polar surface area (TPSA) is 92.8 Å². The minimum Gasteiger partial charge on any atom is -0.457 e. The molecule has 1 saturated heterocycles. The van der Waals surface area contributed by atoms with Gasteiger partial charge in [0.25, 0.3) is 5.91 Å². The molecule has 0 spiro atoms. The van der Waals surface area contributed by atoms with Gasteiger partial charge < -0.3 is 14.4 Å². The summed E-state index contributed by atoms with van der Waals surface area (Å²) in [4.78, 5) is 50.8. The first kappa shape index (κ1) is 24.1. The van der Waals surface area contributed by atoms with Crippen LogP contribution in [0.5, 0.6) is 11.5 Å². The molecule has 3 amide bonds. The van der Waals surface area contributed by atoms with Crippen molar-refractivity contribution in [3.8, 4) is 11.5 Å². The number of para-hydroxylation sites is 1. The van der Waals surface area contributed by atoms with Crippen LogP contribution in [-0.4, -0.2) is 43.3 Å². The van der Waals surface area contributed by atoms with E-state index in [0.29, 0.717) is 30.4 Å². The zero-order valence-corrected chi connectivity index (χ0v) is 21.3. The van der Waals surface area contributed by atoms with Crippen molar-refractivity contribution in [3.63, 3.8) is 0 Å². The standard InChI is InChI=1S/C27H23N2O5PSi/c30-24-12-11-23(25(31)28-24)29-15-18-13-17(9-10-22(18)26(29)32)16-35-27(33)36-21-8-4-7-20(14-21)34-19-5-2-1-3-6-19/h1-10,13-14,23,35H,11-12,15-16H2,(H,28,30,31). The first-order chi connectivity index (χ1) is 17.5. The molecule has 0 bridgehead atoms. The molecule has 0 aliphatic carbocycles. The molecular weight excluding hydrogens is 491 g/mol. The lowest BCUT2D eigenvalue weighted by molar-refractivity contribution is -0.136. The van der Waals surface area contributed by atoms with Crippen LogP contribution in [0.25, 0.3) is 0 Å². The van der Waals surface area contributed by atoms with E-state index in [1.54, 1.807) is 6.07 Å². The van der Waals surface area contributed by atoms with Gasteiger partial charge >= 0.3 is 0 Å². The maximum atomic E-state index is 12.8. The van der Waals surface area contributed by atoms with Crippen molar-refractivity contribution in [2.75, 3.05) is 0 Å². The monoisotopic (exact) mass is 514 g/mol. The highest BCUT2D eigenvalue weighted by Gasteiger charge is 2.39. The van der Waals surface area contributed by atoms with Crippen LogP contribution in [0.15, 0.2) is 72.8 Å². The number of amides is 3. The SMILES string of the molecule is O=C1CCC(N2Cc3cc(CPC(=O)[Si]c4cccc(Oc5ccccc5)c4)ccc3C2=O)C(=O)N1. The maximum Gasteiger partial charge on any atom is 0.255 e. The third kappa shape index (κ3) is 5.45. The molecule has 2 aliphatic heterocycles. The van der Waals surface area contributed by atoms with Gasteiger partial charge in [0, 0.05) is 18.5 Å². The van der Waals surface area contributed by atoms with E-state index in [2.05, 4.69) is 5.32 Å². The lowest BCUT2D eigenvalue weighted by Crippen LogP contribution is -2.52. The first-order valence-corrected chi connectivity index (χ1v) is 13.8. The van der Waals surface area contributed by atoms with E-state index in [1.807, 2.05) is 66.7 Å². The van der Waals surface area contributed by atoms with Gasteiger partial charge in [-0.3, -0.25) is 19.7 Å². The fraction of sp³-hybridized carbons (Fsp3) is 0.185. The van der Waals surface area contributed by atoms with Gasteiger partial charge in [-0.25, -0.2) is 0 Å². The fourth-order valence-corrected chi connectivity index (χ4v) is 6.65. The molecule has 3 aromatic carbocycles. The number of nitrogens with one attached hydrogen (secondary N) is 1. The van der Waals surface area contributed by atoms with E-state index in [0.717, 1.165) is 22.1 Å². The minimum absolute atomic E-state index is 0.0433. The molecule has 9 heteroatoms. The van der Waals surface area contributed by atoms with E-state index >= 15 is 0 Å². The second-order valence-corrected chi connectivity index (χ2v) is 11.6. The molecule has 2 aliphatic rings. The number of imide groups is 1. The van der Waals surface area contributed by atoms with Gasteiger partial charge in [-0.1, -0.05) is 56.2 Å². The van der Waals surface area contributed by atoms with E-state index in [4.69, 9.17) is 4.74 Å². The van der Waals surface area contributed by atoms with Gasteiger partial charge in [0.15, 0.2) is 9.52 Å². The molecule has 1 fully saturated rings. The predicted molar refractivity (Wildman–Crippen MR) is 138 cm³/mol. The summed E-state index contributed by atoms with van der Waals surface area (Å²) in [5.41, 5.74) is 2.42. The zero-order chi connectivity index (χ0) is 25.1. The molecule has 3 aromatic rings. The van der Waals surface area contributed by atoms with E-state index in [-0.39, 0.29) is 41.5 Å². The van der Waals surface area contributed by atoms with Crippen molar-refractivity contribution in [3.05, 3.63) is 89.5 Å².